The first-order valence-corrected chi connectivity index (χ1v) is 8.66. The second kappa shape index (κ2) is 6.29. The molecule has 0 aliphatic heterocycles. The number of aromatic nitrogens is 1. The molecule has 2 nitrogen and oxygen atoms in total. The summed E-state index contributed by atoms with van der Waals surface area (Å²) in [5, 5.41) is 4.97. The molecule has 1 unspecified atom stereocenters. The molecule has 3 rings (SSSR count). The van der Waals surface area contributed by atoms with Crippen LogP contribution in [0.2, 0.25) is 0 Å². The Morgan fingerprint density at radius 3 is 2.71 bits per heavy atom. The van der Waals surface area contributed by atoms with E-state index in [2.05, 4.69) is 50.4 Å². The average molecular weight is 300 g/mol. The normalized spacial score (nSPS) is 16.1. The van der Waals surface area contributed by atoms with Gasteiger partial charge < -0.3 is 5.32 Å². The van der Waals surface area contributed by atoms with Gasteiger partial charge in [-0.3, -0.25) is 0 Å². The maximum Gasteiger partial charge on any atom is 0.0937 e. The van der Waals surface area contributed by atoms with Crippen molar-refractivity contribution in [2.75, 3.05) is 6.54 Å². The zero-order valence-electron chi connectivity index (χ0n) is 13.1. The summed E-state index contributed by atoms with van der Waals surface area (Å²) in [5.74, 6) is 0.524. The van der Waals surface area contributed by atoms with Gasteiger partial charge in [-0.25, -0.2) is 4.98 Å². The molecule has 1 heterocycles. The minimum atomic E-state index is 0.524. The Labute approximate surface area is 131 Å². The van der Waals surface area contributed by atoms with E-state index in [9.17, 15) is 0 Å². The summed E-state index contributed by atoms with van der Waals surface area (Å²) < 4.78 is 0. The molecule has 0 amide bonds. The number of rotatable bonds is 6. The molecular weight excluding hydrogens is 276 g/mol. The van der Waals surface area contributed by atoms with E-state index in [0.717, 1.165) is 19.0 Å². The van der Waals surface area contributed by atoms with Crippen molar-refractivity contribution in [2.24, 2.45) is 0 Å². The number of nitrogens with one attached hydrogen (secondary N) is 1. The molecule has 1 fully saturated rings. The van der Waals surface area contributed by atoms with Crippen molar-refractivity contribution in [3.05, 3.63) is 51.0 Å². The minimum absolute atomic E-state index is 0.524. The summed E-state index contributed by atoms with van der Waals surface area (Å²) in [4.78, 5) is 6.08. The Balaban J connectivity index is 1.77. The van der Waals surface area contributed by atoms with Crippen molar-refractivity contribution < 1.29 is 0 Å². The molecule has 1 saturated carbocycles. The molecule has 1 aromatic carbocycles. The first-order valence-electron chi connectivity index (χ1n) is 7.84. The monoisotopic (exact) mass is 300 g/mol. The highest BCUT2D eigenvalue weighted by Crippen LogP contribution is 2.27. The second-order valence-electron chi connectivity index (χ2n) is 6.25. The molecule has 21 heavy (non-hydrogen) atoms. The van der Waals surface area contributed by atoms with Gasteiger partial charge in [-0.05, 0) is 39.2 Å². The largest absolute Gasteiger partial charge is 0.313 e. The first kappa shape index (κ1) is 14.7. The number of nitrogens with zero attached hydrogens (tertiary/aromatic N) is 1. The van der Waals surface area contributed by atoms with Crippen LogP contribution in [0.1, 0.15) is 45.5 Å². The van der Waals surface area contributed by atoms with Gasteiger partial charge in [0.15, 0.2) is 0 Å². The maximum absolute atomic E-state index is 4.73. The van der Waals surface area contributed by atoms with Gasteiger partial charge >= 0.3 is 0 Å². The van der Waals surface area contributed by atoms with E-state index < -0.39 is 0 Å². The third kappa shape index (κ3) is 3.92. The smallest absolute Gasteiger partial charge is 0.0937 e. The third-order valence-electron chi connectivity index (χ3n) is 4.24. The van der Waals surface area contributed by atoms with Crippen molar-refractivity contribution in [1.29, 1.82) is 0 Å². The summed E-state index contributed by atoms with van der Waals surface area (Å²) in [5.41, 5.74) is 3.97. The molecular formula is C18H24N2S. The van der Waals surface area contributed by atoms with E-state index in [-0.39, 0.29) is 0 Å². The topological polar surface area (TPSA) is 24.9 Å². The summed E-state index contributed by atoms with van der Waals surface area (Å²) >= 11 is 1.85. The summed E-state index contributed by atoms with van der Waals surface area (Å²) in [6.07, 6.45) is 3.73. The van der Waals surface area contributed by atoms with Crippen LogP contribution in [0.3, 0.4) is 0 Å². The van der Waals surface area contributed by atoms with Crippen molar-refractivity contribution in [3.8, 4) is 0 Å². The fourth-order valence-electron chi connectivity index (χ4n) is 2.67. The van der Waals surface area contributed by atoms with Crippen molar-refractivity contribution >= 4 is 11.3 Å². The van der Waals surface area contributed by atoms with E-state index in [0.29, 0.717) is 5.92 Å². The molecule has 0 spiro atoms. The van der Waals surface area contributed by atoms with E-state index in [1.54, 1.807) is 0 Å². The van der Waals surface area contributed by atoms with Gasteiger partial charge in [0.2, 0.25) is 0 Å². The van der Waals surface area contributed by atoms with E-state index >= 15 is 0 Å². The fraction of sp³-hybridized carbons (Fsp3) is 0.500. The van der Waals surface area contributed by atoms with Crippen LogP contribution >= 0.6 is 11.3 Å². The minimum Gasteiger partial charge on any atom is -0.313 e. The highest BCUT2D eigenvalue weighted by molar-refractivity contribution is 7.11. The van der Waals surface area contributed by atoms with Crippen molar-refractivity contribution in [2.45, 2.75) is 52.0 Å². The SMILES string of the molecule is Cc1cccc(C(CNC2CC2)Cc2nc(C)c(C)s2)c1. The van der Waals surface area contributed by atoms with Gasteiger partial charge in [0.1, 0.15) is 0 Å². The number of aryl methyl sites for hydroxylation is 3. The van der Waals surface area contributed by atoms with Crippen LogP contribution in [0, 0.1) is 20.8 Å². The Bertz CT molecular complexity index is 594. The van der Waals surface area contributed by atoms with Crippen LogP contribution in [0.25, 0.3) is 0 Å². The van der Waals surface area contributed by atoms with E-state index in [1.807, 2.05) is 11.3 Å². The van der Waals surface area contributed by atoms with Crippen LogP contribution in [0.5, 0.6) is 0 Å². The molecule has 0 saturated heterocycles. The van der Waals surface area contributed by atoms with Crippen LogP contribution in [0.4, 0.5) is 0 Å². The number of benzene rings is 1. The lowest BCUT2D eigenvalue weighted by Gasteiger charge is -2.17. The Morgan fingerprint density at radius 1 is 1.29 bits per heavy atom. The van der Waals surface area contributed by atoms with Gasteiger partial charge in [-0.2, -0.15) is 0 Å². The standard InChI is InChI=1S/C18H24N2S/c1-12-5-4-6-15(9-12)16(11-19-17-7-8-17)10-18-20-13(2)14(3)21-18/h4-6,9,16-17,19H,7-8,10-11H2,1-3H3. The second-order valence-corrected chi connectivity index (χ2v) is 7.53. The Hall–Kier alpha value is -1.19. The molecule has 0 bridgehead atoms. The number of thiazole rings is 1. The number of hydrogen-bond donors (Lipinski definition) is 1. The highest BCUT2D eigenvalue weighted by atomic mass is 32.1. The molecule has 0 radical (unpaired) electrons. The van der Waals surface area contributed by atoms with Crippen molar-refractivity contribution in [3.63, 3.8) is 0 Å². The summed E-state index contributed by atoms with van der Waals surface area (Å²) in [6, 6.07) is 9.70. The average Bonchev–Trinajstić information content (AvgIpc) is 3.21. The van der Waals surface area contributed by atoms with Crippen LogP contribution in [-0.2, 0) is 6.42 Å². The van der Waals surface area contributed by atoms with Crippen LogP contribution in [-0.4, -0.2) is 17.6 Å². The van der Waals surface area contributed by atoms with Gasteiger partial charge in [-0.15, -0.1) is 11.3 Å². The molecule has 1 aliphatic carbocycles. The lowest BCUT2D eigenvalue weighted by atomic mass is 9.94. The zero-order valence-corrected chi connectivity index (χ0v) is 14.0. The lowest BCUT2D eigenvalue weighted by Crippen LogP contribution is -2.24. The number of hydrogen-bond acceptors (Lipinski definition) is 3. The molecule has 1 atom stereocenters. The third-order valence-corrected chi connectivity index (χ3v) is 5.33. The molecule has 1 aromatic heterocycles. The van der Waals surface area contributed by atoms with Crippen molar-refractivity contribution in [1.82, 2.24) is 10.3 Å². The summed E-state index contributed by atoms with van der Waals surface area (Å²) in [7, 11) is 0. The van der Waals surface area contributed by atoms with Gasteiger partial charge in [-0.1, -0.05) is 29.8 Å². The fourth-order valence-corrected chi connectivity index (χ4v) is 3.68. The van der Waals surface area contributed by atoms with Gasteiger partial charge in [0, 0.05) is 29.8 Å². The summed E-state index contributed by atoms with van der Waals surface area (Å²) in [6.45, 7) is 7.51. The molecule has 3 heteroatoms. The molecule has 1 N–H and O–H groups in total. The molecule has 2 aromatic rings. The first-order chi connectivity index (χ1) is 10.1. The zero-order chi connectivity index (χ0) is 14.8. The quantitative estimate of drug-likeness (QED) is 0.867. The lowest BCUT2D eigenvalue weighted by molar-refractivity contribution is 0.575. The van der Waals surface area contributed by atoms with Gasteiger partial charge in [0.05, 0.1) is 10.7 Å². The van der Waals surface area contributed by atoms with Crippen LogP contribution < -0.4 is 5.32 Å². The Kier molecular flexibility index (Phi) is 4.41. The van der Waals surface area contributed by atoms with Crippen LogP contribution in [0.15, 0.2) is 24.3 Å². The predicted molar refractivity (Wildman–Crippen MR) is 90.2 cm³/mol. The van der Waals surface area contributed by atoms with E-state index in [4.69, 9.17) is 4.98 Å². The Morgan fingerprint density at radius 2 is 2.10 bits per heavy atom. The predicted octanol–water partition coefficient (Wildman–Crippen LogP) is 4.15. The van der Waals surface area contributed by atoms with Gasteiger partial charge in [0.25, 0.3) is 0 Å². The molecule has 1 aliphatic rings. The van der Waals surface area contributed by atoms with E-state index in [1.165, 1.54) is 39.5 Å². The maximum atomic E-state index is 4.73. The molecule has 112 valence electrons. The highest BCUT2D eigenvalue weighted by Gasteiger charge is 2.23.